The first-order chi connectivity index (χ1) is 11.1. The molecule has 0 unspecified atom stereocenters. The summed E-state index contributed by atoms with van der Waals surface area (Å²) in [6, 6.07) is 0.0388. The molecule has 1 aromatic rings. The summed E-state index contributed by atoms with van der Waals surface area (Å²) in [6.07, 6.45) is 8.49. The average Bonchev–Trinajstić information content (AvgIpc) is 2.60. The highest BCUT2D eigenvalue weighted by Gasteiger charge is 2.30. The van der Waals surface area contributed by atoms with E-state index in [1.165, 1.54) is 19.5 Å². The van der Waals surface area contributed by atoms with Crippen molar-refractivity contribution < 1.29 is 19.1 Å². The molecule has 23 heavy (non-hydrogen) atoms. The second-order valence-corrected chi connectivity index (χ2v) is 5.94. The van der Waals surface area contributed by atoms with Crippen LogP contribution in [-0.4, -0.2) is 28.8 Å². The number of hydrogen-bond acceptors (Lipinski definition) is 6. The van der Waals surface area contributed by atoms with Gasteiger partial charge in [0.2, 0.25) is 0 Å². The highest BCUT2D eigenvalue weighted by Crippen LogP contribution is 2.31. The Balaban J connectivity index is 1.79. The first-order valence-corrected chi connectivity index (χ1v) is 8.24. The lowest BCUT2D eigenvalue weighted by atomic mass is 9.79. The van der Waals surface area contributed by atoms with E-state index < -0.39 is 0 Å². The standard InChI is InChI=1S/C17H24N2O4/c1-3-4-5-15(20)12-6-8-13(9-7-12)16(21)23-17-18-10-14(22-2)11-19-17/h10-13H,3-9H2,1-2H3. The van der Waals surface area contributed by atoms with Gasteiger partial charge in [-0.3, -0.25) is 9.59 Å². The maximum atomic E-state index is 12.2. The molecule has 0 atom stereocenters. The Morgan fingerprint density at radius 3 is 2.30 bits per heavy atom. The number of carbonyl (C=O) groups is 2. The number of aromatic nitrogens is 2. The van der Waals surface area contributed by atoms with Crippen LogP contribution < -0.4 is 9.47 Å². The lowest BCUT2D eigenvalue weighted by Gasteiger charge is -2.26. The third-order valence-corrected chi connectivity index (χ3v) is 4.32. The molecular weight excluding hydrogens is 296 g/mol. The van der Waals surface area contributed by atoms with Gasteiger partial charge in [-0.2, -0.15) is 9.97 Å². The number of Topliss-reactive ketones (excluding diaryl/α,β-unsaturated/α-hetero) is 1. The van der Waals surface area contributed by atoms with Crippen LogP contribution in [0.5, 0.6) is 11.8 Å². The number of ketones is 1. The van der Waals surface area contributed by atoms with Gasteiger partial charge in [-0.1, -0.05) is 13.3 Å². The Labute approximate surface area is 136 Å². The molecule has 0 N–H and O–H groups in total. The van der Waals surface area contributed by atoms with Crippen LogP contribution in [0.1, 0.15) is 51.9 Å². The summed E-state index contributed by atoms with van der Waals surface area (Å²) in [6.45, 7) is 2.08. The van der Waals surface area contributed by atoms with Gasteiger partial charge in [0.1, 0.15) is 5.78 Å². The first-order valence-electron chi connectivity index (χ1n) is 8.24. The number of ether oxygens (including phenoxy) is 2. The second-order valence-electron chi connectivity index (χ2n) is 5.94. The average molecular weight is 320 g/mol. The normalized spacial score (nSPS) is 20.8. The Kier molecular flexibility index (Phi) is 6.50. The van der Waals surface area contributed by atoms with Crippen molar-refractivity contribution in [3.63, 3.8) is 0 Å². The zero-order chi connectivity index (χ0) is 16.7. The van der Waals surface area contributed by atoms with Crippen molar-refractivity contribution >= 4 is 11.8 Å². The third-order valence-electron chi connectivity index (χ3n) is 4.32. The monoisotopic (exact) mass is 320 g/mol. The summed E-state index contributed by atoms with van der Waals surface area (Å²) in [7, 11) is 1.52. The smallest absolute Gasteiger partial charge is 0.324 e. The summed E-state index contributed by atoms with van der Waals surface area (Å²) >= 11 is 0. The topological polar surface area (TPSA) is 78.4 Å². The van der Waals surface area contributed by atoms with Gasteiger partial charge in [0, 0.05) is 12.3 Å². The Hall–Kier alpha value is -1.98. The SMILES string of the molecule is CCCCC(=O)C1CCC(C(=O)Oc2ncc(OC)cn2)CC1. The van der Waals surface area contributed by atoms with E-state index >= 15 is 0 Å². The maximum Gasteiger partial charge on any atom is 0.324 e. The number of rotatable bonds is 7. The van der Waals surface area contributed by atoms with Gasteiger partial charge in [0.25, 0.3) is 0 Å². The van der Waals surface area contributed by atoms with E-state index in [-0.39, 0.29) is 23.8 Å². The molecular formula is C17H24N2O4. The van der Waals surface area contributed by atoms with Crippen LogP contribution >= 0.6 is 0 Å². The van der Waals surface area contributed by atoms with Crippen LogP contribution in [0.15, 0.2) is 12.4 Å². The highest BCUT2D eigenvalue weighted by atomic mass is 16.5. The minimum absolute atomic E-state index is 0.0388. The fourth-order valence-corrected chi connectivity index (χ4v) is 2.84. The first kappa shape index (κ1) is 17.4. The molecule has 6 heteroatoms. The number of hydrogen-bond donors (Lipinski definition) is 0. The molecule has 1 fully saturated rings. The van der Waals surface area contributed by atoms with Crippen molar-refractivity contribution in [1.29, 1.82) is 0 Å². The molecule has 0 radical (unpaired) electrons. The van der Waals surface area contributed by atoms with Gasteiger partial charge < -0.3 is 9.47 Å². The van der Waals surface area contributed by atoms with Crippen molar-refractivity contribution in [3.8, 4) is 11.8 Å². The number of unbranched alkanes of at least 4 members (excludes halogenated alkanes) is 1. The molecule has 0 aliphatic heterocycles. The van der Waals surface area contributed by atoms with Crippen molar-refractivity contribution in [3.05, 3.63) is 12.4 Å². The molecule has 0 spiro atoms. The van der Waals surface area contributed by atoms with Gasteiger partial charge in [-0.25, -0.2) is 0 Å². The van der Waals surface area contributed by atoms with E-state index in [9.17, 15) is 9.59 Å². The van der Waals surface area contributed by atoms with Gasteiger partial charge in [0.05, 0.1) is 25.4 Å². The molecule has 0 amide bonds. The molecule has 2 rings (SSSR count). The molecule has 1 heterocycles. The highest BCUT2D eigenvalue weighted by molar-refractivity contribution is 5.81. The fraction of sp³-hybridized carbons (Fsp3) is 0.647. The van der Waals surface area contributed by atoms with Crippen LogP contribution in [0.25, 0.3) is 0 Å². The summed E-state index contributed by atoms with van der Waals surface area (Å²) in [4.78, 5) is 32.0. The van der Waals surface area contributed by atoms with Crippen LogP contribution in [0.4, 0.5) is 0 Å². The van der Waals surface area contributed by atoms with Crippen LogP contribution in [-0.2, 0) is 9.59 Å². The van der Waals surface area contributed by atoms with Crippen LogP contribution in [0.2, 0.25) is 0 Å². The minimum Gasteiger partial charge on any atom is -0.494 e. The number of nitrogens with zero attached hydrogens (tertiary/aromatic N) is 2. The molecule has 1 aromatic heterocycles. The number of carbonyl (C=O) groups excluding carboxylic acids is 2. The van der Waals surface area contributed by atoms with Crippen molar-refractivity contribution in [1.82, 2.24) is 9.97 Å². The zero-order valence-electron chi connectivity index (χ0n) is 13.8. The number of methoxy groups -OCH3 is 1. The molecule has 1 saturated carbocycles. The zero-order valence-corrected chi connectivity index (χ0v) is 13.8. The van der Waals surface area contributed by atoms with Gasteiger partial charge in [-0.15, -0.1) is 0 Å². The minimum atomic E-state index is -0.311. The molecule has 1 aliphatic carbocycles. The lowest BCUT2D eigenvalue weighted by Crippen LogP contribution is -2.28. The maximum absolute atomic E-state index is 12.2. The Morgan fingerprint density at radius 1 is 1.13 bits per heavy atom. The number of esters is 1. The lowest BCUT2D eigenvalue weighted by molar-refractivity contribution is -0.141. The van der Waals surface area contributed by atoms with E-state index in [1.807, 2.05) is 0 Å². The van der Waals surface area contributed by atoms with Crippen LogP contribution in [0.3, 0.4) is 0 Å². The van der Waals surface area contributed by atoms with E-state index in [2.05, 4.69) is 16.9 Å². The van der Waals surface area contributed by atoms with Gasteiger partial charge in [0.15, 0.2) is 5.75 Å². The molecule has 0 saturated heterocycles. The molecule has 6 nitrogen and oxygen atoms in total. The van der Waals surface area contributed by atoms with Gasteiger partial charge in [-0.05, 0) is 32.1 Å². The van der Waals surface area contributed by atoms with Crippen molar-refractivity contribution in [2.24, 2.45) is 11.8 Å². The molecule has 0 aromatic carbocycles. The molecule has 1 aliphatic rings. The Bertz CT molecular complexity index is 522. The van der Waals surface area contributed by atoms with E-state index in [1.54, 1.807) is 0 Å². The summed E-state index contributed by atoms with van der Waals surface area (Å²) < 4.78 is 10.2. The molecule has 126 valence electrons. The summed E-state index contributed by atoms with van der Waals surface area (Å²) in [5.41, 5.74) is 0. The fourth-order valence-electron chi connectivity index (χ4n) is 2.84. The summed E-state index contributed by atoms with van der Waals surface area (Å²) in [5, 5.41) is 0. The largest absolute Gasteiger partial charge is 0.494 e. The van der Waals surface area contributed by atoms with Gasteiger partial charge >= 0.3 is 12.0 Å². The summed E-state index contributed by atoms with van der Waals surface area (Å²) in [5.74, 6) is 0.487. The Morgan fingerprint density at radius 2 is 1.74 bits per heavy atom. The third kappa shape index (κ3) is 5.01. The second kappa shape index (κ2) is 8.60. The van der Waals surface area contributed by atoms with Crippen molar-refractivity contribution in [2.45, 2.75) is 51.9 Å². The predicted molar refractivity (Wildman–Crippen MR) is 84.2 cm³/mol. The quantitative estimate of drug-likeness (QED) is 0.719. The van der Waals surface area contributed by atoms with E-state index in [0.29, 0.717) is 30.8 Å². The van der Waals surface area contributed by atoms with E-state index in [0.717, 1.165) is 25.7 Å². The van der Waals surface area contributed by atoms with Crippen molar-refractivity contribution in [2.75, 3.05) is 7.11 Å². The molecule has 0 bridgehead atoms. The predicted octanol–water partition coefficient (Wildman–Crippen LogP) is 2.96. The van der Waals surface area contributed by atoms with Crippen LogP contribution in [0, 0.1) is 11.8 Å². The van der Waals surface area contributed by atoms with E-state index in [4.69, 9.17) is 9.47 Å².